The predicted octanol–water partition coefficient (Wildman–Crippen LogP) is 2.10. The second-order valence-electron chi connectivity index (χ2n) is 7.25. The maximum Gasteiger partial charge on any atom is 0.315 e. The molecule has 0 bridgehead atoms. The number of rotatable bonds is 6. The quantitative estimate of drug-likeness (QED) is 0.704. The van der Waals surface area contributed by atoms with Crippen molar-refractivity contribution in [2.45, 2.75) is 70.9 Å². The second kappa shape index (κ2) is 8.16. The second-order valence-corrected chi connectivity index (χ2v) is 7.25. The molecule has 0 aromatic carbocycles. The first-order valence-corrected chi connectivity index (χ1v) is 8.98. The van der Waals surface area contributed by atoms with Crippen LogP contribution in [-0.2, 0) is 0 Å². The molecule has 3 N–H and O–H groups in total. The summed E-state index contributed by atoms with van der Waals surface area (Å²) in [4.78, 5) is 14.6. The molecule has 0 aromatic rings. The number of hydrogen-bond donors (Lipinski definition) is 3. The van der Waals surface area contributed by atoms with Gasteiger partial charge in [-0.25, -0.2) is 4.79 Å². The SMILES string of the molecule is CCC1CCCCN1CCNC(=O)NC1CCCC1(C)CO. The molecule has 128 valence electrons. The van der Waals surface area contributed by atoms with Crippen molar-refractivity contribution in [1.82, 2.24) is 15.5 Å². The molecule has 1 aliphatic heterocycles. The number of piperidine rings is 1. The molecule has 1 aliphatic carbocycles. The Morgan fingerprint density at radius 3 is 2.86 bits per heavy atom. The van der Waals surface area contributed by atoms with Gasteiger partial charge >= 0.3 is 6.03 Å². The summed E-state index contributed by atoms with van der Waals surface area (Å²) in [7, 11) is 0. The van der Waals surface area contributed by atoms with Crippen LogP contribution in [0.1, 0.15) is 58.8 Å². The van der Waals surface area contributed by atoms with Crippen molar-refractivity contribution in [2.24, 2.45) is 5.41 Å². The van der Waals surface area contributed by atoms with Crippen molar-refractivity contribution in [1.29, 1.82) is 0 Å². The first-order chi connectivity index (χ1) is 10.6. The van der Waals surface area contributed by atoms with Gasteiger partial charge in [0.2, 0.25) is 0 Å². The lowest BCUT2D eigenvalue weighted by atomic mass is 9.86. The van der Waals surface area contributed by atoms with Gasteiger partial charge in [0.25, 0.3) is 0 Å². The van der Waals surface area contributed by atoms with E-state index < -0.39 is 0 Å². The van der Waals surface area contributed by atoms with Gasteiger partial charge in [0.1, 0.15) is 0 Å². The molecular formula is C17H33N3O2. The summed E-state index contributed by atoms with van der Waals surface area (Å²) in [6, 6.07) is 0.693. The standard InChI is InChI=1S/C17H33N3O2/c1-3-14-7-4-5-11-20(14)12-10-18-16(22)19-15-8-6-9-17(15,2)13-21/h14-15,21H,3-13H2,1-2H3,(H2,18,19,22). The lowest BCUT2D eigenvalue weighted by molar-refractivity contribution is 0.120. The minimum atomic E-state index is -0.155. The average molecular weight is 311 g/mol. The highest BCUT2D eigenvalue weighted by Crippen LogP contribution is 2.37. The van der Waals surface area contributed by atoms with Crippen molar-refractivity contribution in [2.75, 3.05) is 26.2 Å². The Labute approximate surface area is 134 Å². The summed E-state index contributed by atoms with van der Waals surface area (Å²) in [6.07, 6.45) is 8.13. The molecule has 22 heavy (non-hydrogen) atoms. The Hall–Kier alpha value is -0.810. The molecule has 3 unspecified atom stereocenters. The smallest absolute Gasteiger partial charge is 0.315 e. The summed E-state index contributed by atoms with van der Waals surface area (Å²) in [6.45, 7) is 7.25. The maximum absolute atomic E-state index is 12.1. The van der Waals surface area contributed by atoms with Crippen LogP contribution in [-0.4, -0.2) is 54.4 Å². The number of aliphatic hydroxyl groups excluding tert-OH is 1. The van der Waals surface area contributed by atoms with Crippen LogP contribution in [0.15, 0.2) is 0 Å². The molecule has 1 saturated heterocycles. The van der Waals surface area contributed by atoms with Gasteiger partial charge in [0.15, 0.2) is 0 Å². The van der Waals surface area contributed by atoms with Crippen LogP contribution in [0.25, 0.3) is 0 Å². The van der Waals surface area contributed by atoms with E-state index in [0.29, 0.717) is 12.6 Å². The summed E-state index contributed by atoms with van der Waals surface area (Å²) in [5.74, 6) is 0. The molecule has 3 atom stereocenters. The van der Waals surface area contributed by atoms with E-state index >= 15 is 0 Å². The molecule has 0 spiro atoms. The third-order valence-corrected chi connectivity index (χ3v) is 5.65. The Bertz CT molecular complexity index is 364. The van der Waals surface area contributed by atoms with Crippen molar-refractivity contribution in [3.63, 3.8) is 0 Å². The number of hydrogen-bond acceptors (Lipinski definition) is 3. The van der Waals surface area contributed by atoms with Gasteiger partial charge in [-0.15, -0.1) is 0 Å². The van der Waals surface area contributed by atoms with E-state index in [-0.39, 0.29) is 24.1 Å². The maximum atomic E-state index is 12.1. The molecule has 2 aliphatic rings. The van der Waals surface area contributed by atoms with Crippen molar-refractivity contribution in [3.05, 3.63) is 0 Å². The summed E-state index contributed by atoms with van der Waals surface area (Å²) in [5.41, 5.74) is -0.155. The van der Waals surface area contributed by atoms with Crippen LogP contribution in [0.4, 0.5) is 4.79 Å². The summed E-state index contributed by atoms with van der Waals surface area (Å²) < 4.78 is 0. The Kier molecular flexibility index (Phi) is 6.50. The minimum Gasteiger partial charge on any atom is -0.396 e. The number of likely N-dealkylation sites (tertiary alicyclic amines) is 1. The topological polar surface area (TPSA) is 64.6 Å². The molecule has 0 radical (unpaired) electrons. The normalized spacial score (nSPS) is 32.9. The third kappa shape index (κ3) is 4.35. The Morgan fingerprint density at radius 1 is 1.32 bits per heavy atom. The van der Waals surface area contributed by atoms with Gasteiger partial charge in [0.05, 0.1) is 6.61 Å². The zero-order valence-electron chi connectivity index (χ0n) is 14.2. The first kappa shape index (κ1) is 17.5. The molecule has 0 aromatic heterocycles. The fourth-order valence-electron chi connectivity index (χ4n) is 4.01. The zero-order chi connectivity index (χ0) is 16.0. The highest BCUT2D eigenvalue weighted by Gasteiger charge is 2.39. The van der Waals surface area contributed by atoms with Gasteiger partial charge < -0.3 is 15.7 Å². The fourth-order valence-corrected chi connectivity index (χ4v) is 4.01. The van der Waals surface area contributed by atoms with Crippen molar-refractivity contribution >= 4 is 6.03 Å². The van der Waals surface area contributed by atoms with E-state index in [1.54, 1.807) is 0 Å². The van der Waals surface area contributed by atoms with E-state index in [1.165, 1.54) is 25.7 Å². The number of amides is 2. The van der Waals surface area contributed by atoms with Crippen LogP contribution >= 0.6 is 0 Å². The number of carbonyl (C=O) groups is 1. The number of carbonyl (C=O) groups excluding carboxylic acids is 1. The van der Waals surface area contributed by atoms with Gasteiger partial charge in [-0.1, -0.05) is 26.7 Å². The molecular weight excluding hydrogens is 278 g/mol. The largest absolute Gasteiger partial charge is 0.396 e. The third-order valence-electron chi connectivity index (χ3n) is 5.65. The lowest BCUT2D eigenvalue weighted by Gasteiger charge is -2.35. The number of nitrogens with one attached hydrogen (secondary N) is 2. The summed E-state index contributed by atoms with van der Waals surface area (Å²) >= 11 is 0. The van der Waals surface area contributed by atoms with Crippen LogP contribution < -0.4 is 10.6 Å². The minimum absolute atomic E-state index is 0.0865. The highest BCUT2D eigenvalue weighted by molar-refractivity contribution is 5.74. The molecule has 2 rings (SSSR count). The van der Waals surface area contributed by atoms with E-state index in [2.05, 4.69) is 29.4 Å². The molecule has 1 saturated carbocycles. The average Bonchev–Trinajstić information content (AvgIpc) is 2.89. The number of nitrogens with zero attached hydrogens (tertiary/aromatic N) is 1. The van der Waals surface area contributed by atoms with Gasteiger partial charge in [-0.2, -0.15) is 0 Å². The molecule has 2 fully saturated rings. The molecule has 2 amide bonds. The van der Waals surface area contributed by atoms with E-state index in [0.717, 1.165) is 32.4 Å². The molecule has 5 heteroatoms. The van der Waals surface area contributed by atoms with Crippen molar-refractivity contribution < 1.29 is 9.90 Å². The van der Waals surface area contributed by atoms with Crippen LogP contribution in [0, 0.1) is 5.41 Å². The van der Waals surface area contributed by atoms with Crippen LogP contribution in [0.5, 0.6) is 0 Å². The van der Waals surface area contributed by atoms with E-state index in [1.807, 2.05) is 0 Å². The molecule has 1 heterocycles. The van der Waals surface area contributed by atoms with Gasteiger partial charge in [0, 0.05) is 30.6 Å². The van der Waals surface area contributed by atoms with Crippen LogP contribution in [0.3, 0.4) is 0 Å². The van der Waals surface area contributed by atoms with Crippen molar-refractivity contribution in [3.8, 4) is 0 Å². The van der Waals surface area contributed by atoms with Gasteiger partial charge in [-0.3, -0.25) is 4.90 Å². The van der Waals surface area contributed by atoms with E-state index in [9.17, 15) is 9.90 Å². The highest BCUT2D eigenvalue weighted by atomic mass is 16.3. The zero-order valence-corrected chi connectivity index (χ0v) is 14.2. The van der Waals surface area contributed by atoms with Crippen LogP contribution in [0.2, 0.25) is 0 Å². The monoisotopic (exact) mass is 311 g/mol. The lowest BCUT2D eigenvalue weighted by Crippen LogP contribution is -2.50. The van der Waals surface area contributed by atoms with Gasteiger partial charge in [-0.05, 0) is 38.6 Å². The Balaban J connectivity index is 1.69. The fraction of sp³-hybridized carbons (Fsp3) is 0.941. The van der Waals surface area contributed by atoms with E-state index in [4.69, 9.17) is 0 Å². The summed E-state index contributed by atoms with van der Waals surface area (Å²) in [5, 5.41) is 15.6. The molecule has 5 nitrogen and oxygen atoms in total. The first-order valence-electron chi connectivity index (χ1n) is 8.98. The number of urea groups is 1. The number of aliphatic hydroxyl groups is 1. The Morgan fingerprint density at radius 2 is 2.14 bits per heavy atom. The predicted molar refractivity (Wildman–Crippen MR) is 88.9 cm³/mol.